The normalized spacial score (nSPS) is 36.3. The Morgan fingerprint density at radius 3 is 2.91 bits per heavy atom. The highest BCUT2D eigenvalue weighted by Crippen LogP contribution is 2.49. The molecule has 2 aliphatic rings. The number of carbonyl (C=O) groups is 1. The molecule has 0 amide bonds. The van der Waals surface area contributed by atoms with Gasteiger partial charge in [-0.1, -0.05) is 13.8 Å². The summed E-state index contributed by atoms with van der Waals surface area (Å²) in [5, 5.41) is 13.9. The maximum absolute atomic E-state index is 12.9. The molecular formula is C17H24N4O2. The van der Waals surface area contributed by atoms with E-state index in [0.29, 0.717) is 13.0 Å². The van der Waals surface area contributed by atoms with Gasteiger partial charge in [0.1, 0.15) is 12.0 Å². The van der Waals surface area contributed by atoms with Crippen LogP contribution >= 0.6 is 0 Å². The predicted molar refractivity (Wildman–Crippen MR) is 84.1 cm³/mol. The fourth-order valence-electron chi connectivity index (χ4n) is 4.23. The Morgan fingerprint density at radius 2 is 2.26 bits per heavy atom. The highest BCUT2D eigenvalue weighted by Gasteiger charge is 2.53. The molecule has 2 N–H and O–H groups in total. The highest BCUT2D eigenvalue weighted by atomic mass is 16.5. The van der Waals surface area contributed by atoms with Gasteiger partial charge >= 0.3 is 0 Å². The summed E-state index contributed by atoms with van der Waals surface area (Å²) in [6.07, 6.45) is 2.12. The van der Waals surface area contributed by atoms with Gasteiger partial charge in [0.25, 0.3) is 0 Å². The quantitative estimate of drug-likeness (QED) is 0.898. The molecule has 0 aromatic carbocycles. The lowest BCUT2D eigenvalue weighted by Gasteiger charge is -2.48. The molecule has 23 heavy (non-hydrogen) atoms. The first-order valence-corrected chi connectivity index (χ1v) is 8.23. The number of ketones is 1. The number of nitriles is 1. The van der Waals surface area contributed by atoms with Crippen molar-refractivity contribution in [3.05, 3.63) is 18.0 Å². The number of aryl methyl sites for hydroxylation is 1. The second-order valence-corrected chi connectivity index (χ2v) is 7.43. The molecule has 1 aliphatic carbocycles. The number of ether oxygens (including phenoxy) is 1. The molecular weight excluding hydrogens is 292 g/mol. The van der Waals surface area contributed by atoms with Crippen LogP contribution in [0, 0.1) is 28.6 Å². The number of carbonyl (C=O) groups excluding carboxylic acids is 1. The maximum atomic E-state index is 12.9. The second kappa shape index (κ2) is 5.73. The van der Waals surface area contributed by atoms with Crippen LogP contribution in [0.1, 0.15) is 45.2 Å². The molecule has 5 atom stereocenters. The van der Waals surface area contributed by atoms with Crippen molar-refractivity contribution in [3.8, 4) is 6.07 Å². The predicted octanol–water partition coefficient (Wildman–Crippen LogP) is 1.82. The first kappa shape index (κ1) is 16.2. The fourth-order valence-corrected chi connectivity index (χ4v) is 4.23. The molecule has 6 nitrogen and oxygen atoms in total. The zero-order valence-electron chi connectivity index (χ0n) is 13.9. The van der Waals surface area contributed by atoms with Gasteiger partial charge in [0.05, 0.1) is 24.0 Å². The van der Waals surface area contributed by atoms with Crippen LogP contribution in [0.4, 0.5) is 0 Å². The molecule has 124 valence electrons. The molecule has 2 heterocycles. The molecule has 1 aromatic heterocycles. The number of aromatic nitrogens is 2. The zero-order chi connectivity index (χ0) is 16.8. The molecule has 3 rings (SSSR count). The maximum Gasteiger partial charge on any atom is 0.139 e. The van der Waals surface area contributed by atoms with Crippen LogP contribution in [0.25, 0.3) is 0 Å². The Labute approximate surface area is 136 Å². The van der Waals surface area contributed by atoms with Crippen molar-refractivity contribution in [2.24, 2.45) is 23.0 Å². The summed E-state index contributed by atoms with van der Waals surface area (Å²) in [4.78, 5) is 12.9. The summed E-state index contributed by atoms with van der Waals surface area (Å²) in [6.45, 7) is 6.86. The van der Waals surface area contributed by atoms with E-state index in [1.54, 1.807) is 6.20 Å². The standard InChI is InChI=1S/C17H24N4O2/c1-4-21-11(5-6-20-21)14-10(9-18)16(19)23-13-8-17(2,3)7-12(22)15(13)14/h5-6,10,13-16H,4,7-8,19H2,1-3H3/t10-,13+,14-,15+,16+/m0/s1. The minimum Gasteiger partial charge on any atom is -0.358 e. The van der Waals surface area contributed by atoms with E-state index in [1.165, 1.54) is 0 Å². The van der Waals surface area contributed by atoms with E-state index in [1.807, 2.05) is 17.7 Å². The minimum atomic E-state index is -0.673. The summed E-state index contributed by atoms with van der Waals surface area (Å²) in [6, 6.07) is 4.18. The number of nitrogens with zero attached hydrogens (tertiary/aromatic N) is 3. The van der Waals surface area contributed by atoms with Crippen molar-refractivity contribution in [2.45, 2.75) is 58.4 Å². The average molecular weight is 316 g/mol. The van der Waals surface area contributed by atoms with E-state index in [4.69, 9.17) is 10.5 Å². The first-order chi connectivity index (χ1) is 10.9. The summed E-state index contributed by atoms with van der Waals surface area (Å²) < 4.78 is 7.76. The Balaban J connectivity index is 2.06. The summed E-state index contributed by atoms with van der Waals surface area (Å²) in [5.41, 5.74) is 6.96. The molecule has 0 spiro atoms. The number of hydrogen-bond donors (Lipinski definition) is 1. The van der Waals surface area contributed by atoms with Crippen LogP contribution in [0.15, 0.2) is 12.3 Å². The molecule has 1 saturated heterocycles. The van der Waals surface area contributed by atoms with E-state index < -0.39 is 12.1 Å². The van der Waals surface area contributed by atoms with E-state index in [9.17, 15) is 10.1 Å². The number of fused-ring (bicyclic) bond motifs is 1. The van der Waals surface area contributed by atoms with Crippen molar-refractivity contribution in [2.75, 3.05) is 0 Å². The Hall–Kier alpha value is -1.71. The van der Waals surface area contributed by atoms with Gasteiger partial charge < -0.3 is 10.5 Å². The number of hydrogen-bond acceptors (Lipinski definition) is 5. The van der Waals surface area contributed by atoms with Crippen molar-refractivity contribution in [3.63, 3.8) is 0 Å². The van der Waals surface area contributed by atoms with Gasteiger partial charge in [-0.2, -0.15) is 10.4 Å². The van der Waals surface area contributed by atoms with Crippen LogP contribution < -0.4 is 5.73 Å². The van der Waals surface area contributed by atoms with Crippen LogP contribution in [-0.4, -0.2) is 27.9 Å². The van der Waals surface area contributed by atoms with Gasteiger partial charge in [0, 0.05) is 30.8 Å². The van der Waals surface area contributed by atoms with E-state index >= 15 is 0 Å². The van der Waals surface area contributed by atoms with E-state index in [0.717, 1.165) is 12.1 Å². The molecule has 0 bridgehead atoms. The Kier molecular flexibility index (Phi) is 4.03. The van der Waals surface area contributed by atoms with Crippen LogP contribution in [0.3, 0.4) is 0 Å². The second-order valence-electron chi connectivity index (χ2n) is 7.43. The van der Waals surface area contributed by atoms with E-state index in [2.05, 4.69) is 25.0 Å². The van der Waals surface area contributed by atoms with Gasteiger partial charge in [-0.3, -0.25) is 9.48 Å². The Morgan fingerprint density at radius 1 is 1.52 bits per heavy atom. The summed E-state index contributed by atoms with van der Waals surface area (Å²) in [7, 11) is 0. The molecule has 0 unspecified atom stereocenters. The van der Waals surface area contributed by atoms with Gasteiger partial charge in [-0.25, -0.2) is 0 Å². The van der Waals surface area contributed by atoms with Crippen molar-refractivity contribution >= 4 is 5.78 Å². The van der Waals surface area contributed by atoms with Gasteiger partial charge in [0.15, 0.2) is 0 Å². The molecule has 2 fully saturated rings. The summed E-state index contributed by atoms with van der Waals surface area (Å²) >= 11 is 0. The van der Waals surface area contributed by atoms with E-state index in [-0.39, 0.29) is 29.1 Å². The van der Waals surface area contributed by atoms with Crippen LogP contribution in [-0.2, 0) is 16.1 Å². The van der Waals surface area contributed by atoms with Crippen molar-refractivity contribution < 1.29 is 9.53 Å². The number of nitrogens with two attached hydrogens (primary N) is 1. The number of Topliss-reactive ketones (excluding diaryl/α,β-unsaturated/α-hetero) is 1. The Bertz CT molecular complexity index is 645. The average Bonchev–Trinajstić information content (AvgIpc) is 2.92. The zero-order valence-corrected chi connectivity index (χ0v) is 13.9. The van der Waals surface area contributed by atoms with Crippen LogP contribution in [0.2, 0.25) is 0 Å². The third kappa shape index (κ3) is 2.68. The third-order valence-corrected chi connectivity index (χ3v) is 5.18. The molecule has 1 aromatic rings. The molecule has 1 saturated carbocycles. The lowest BCUT2D eigenvalue weighted by atomic mass is 9.62. The van der Waals surface area contributed by atoms with Gasteiger partial charge in [-0.05, 0) is 24.8 Å². The largest absolute Gasteiger partial charge is 0.358 e. The molecule has 1 aliphatic heterocycles. The SMILES string of the molecule is CCn1nccc1[C@@H]1[C@H](C#N)[C@H](N)O[C@@H]2CC(C)(C)CC(=O)[C@@H]12. The fraction of sp³-hybridized carbons (Fsp3) is 0.706. The lowest BCUT2D eigenvalue weighted by Crippen LogP contribution is -2.56. The molecule has 6 heteroatoms. The smallest absolute Gasteiger partial charge is 0.139 e. The van der Waals surface area contributed by atoms with Crippen molar-refractivity contribution in [1.29, 1.82) is 5.26 Å². The topological polar surface area (TPSA) is 93.9 Å². The van der Waals surface area contributed by atoms with Gasteiger partial charge in [-0.15, -0.1) is 0 Å². The monoisotopic (exact) mass is 316 g/mol. The highest BCUT2D eigenvalue weighted by molar-refractivity contribution is 5.84. The van der Waals surface area contributed by atoms with Crippen molar-refractivity contribution in [1.82, 2.24) is 9.78 Å². The van der Waals surface area contributed by atoms with Crippen LogP contribution in [0.5, 0.6) is 0 Å². The van der Waals surface area contributed by atoms with Gasteiger partial charge in [0.2, 0.25) is 0 Å². The minimum absolute atomic E-state index is 0.0903. The molecule has 0 radical (unpaired) electrons. The lowest BCUT2D eigenvalue weighted by molar-refractivity contribution is -0.164. The third-order valence-electron chi connectivity index (χ3n) is 5.18. The summed E-state index contributed by atoms with van der Waals surface area (Å²) in [5.74, 6) is -0.926. The number of rotatable bonds is 2. The first-order valence-electron chi connectivity index (χ1n) is 8.23.